The number of sulfonamides is 1. The van der Waals surface area contributed by atoms with E-state index in [0.717, 1.165) is 39.6 Å². The standard InChI is InChI=1S/C39H48BrN3O4S/c1-38(2,3)41-37(45)35(21-27-8-6-5-7-9-27)42(25-28-10-14-33(40)15-11-28)36(44)26-43(48(4,46)47)34-16-12-32(13-17-34)39-22-29-18-30(23-39)20-31(19-29)24-39/h5-17,29-31,35H,18-26H2,1-4H3,(H,41,45)/t29?,30?,31?,35-,39?/m1/s1. The molecule has 1 N–H and O–H groups in total. The Hall–Kier alpha value is -3.17. The SMILES string of the molecule is CC(C)(C)NC(=O)[C@@H](Cc1ccccc1)N(Cc1ccc(Br)cc1)C(=O)CN(c1ccc(C23CC4CC(CC(C4)C2)C3)cc1)S(C)(=O)=O. The van der Waals surface area contributed by atoms with Crippen LogP contribution in [0.2, 0.25) is 0 Å². The molecule has 0 aliphatic heterocycles. The highest BCUT2D eigenvalue weighted by atomic mass is 79.9. The summed E-state index contributed by atoms with van der Waals surface area (Å²) in [5, 5.41) is 3.07. The summed E-state index contributed by atoms with van der Waals surface area (Å²) in [6.07, 6.45) is 9.15. The van der Waals surface area contributed by atoms with Crippen LogP contribution in [-0.4, -0.2) is 49.5 Å². The van der Waals surface area contributed by atoms with Crippen LogP contribution in [0.25, 0.3) is 0 Å². The number of rotatable bonds is 11. The number of nitrogens with zero attached hydrogens (tertiary/aromatic N) is 2. The molecule has 0 heterocycles. The van der Waals surface area contributed by atoms with Gasteiger partial charge in [-0.15, -0.1) is 0 Å². The molecule has 9 heteroatoms. The Kier molecular flexibility index (Phi) is 9.84. The summed E-state index contributed by atoms with van der Waals surface area (Å²) < 4.78 is 28.8. The fourth-order valence-electron chi connectivity index (χ4n) is 8.85. The Bertz CT molecular complexity index is 1680. The fourth-order valence-corrected chi connectivity index (χ4v) is 9.97. The Labute approximate surface area is 294 Å². The van der Waals surface area contributed by atoms with Gasteiger partial charge in [0.15, 0.2) is 0 Å². The molecule has 3 aromatic carbocycles. The second kappa shape index (κ2) is 13.6. The summed E-state index contributed by atoms with van der Waals surface area (Å²) >= 11 is 3.48. The van der Waals surface area contributed by atoms with Gasteiger partial charge in [0.05, 0.1) is 11.9 Å². The van der Waals surface area contributed by atoms with E-state index in [1.807, 2.05) is 87.5 Å². The number of anilines is 1. The fraction of sp³-hybridized carbons (Fsp3) is 0.487. The van der Waals surface area contributed by atoms with Crippen LogP contribution in [0.3, 0.4) is 0 Å². The first-order valence-electron chi connectivity index (χ1n) is 17.2. The van der Waals surface area contributed by atoms with E-state index in [9.17, 15) is 18.0 Å². The molecule has 1 atom stereocenters. The van der Waals surface area contributed by atoms with E-state index in [2.05, 4.69) is 33.4 Å². The van der Waals surface area contributed by atoms with Crippen molar-refractivity contribution in [2.75, 3.05) is 17.1 Å². The molecule has 0 saturated heterocycles. The molecule has 256 valence electrons. The number of halogens is 1. The van der Waals surface area contributed by atoms with Crippen LogP contribution in [0, 0.1) is 17.8 Å². The van der Waals surface area contributed by atoms with Crippen molar-refractivity contribution in [3.8, 4) is 0 Å². The first-order valence-corrected chi connectivity index (χ1v) is 19.8. The van der Waals surface area contributed by atoms with E-state index in [1.54, 1.807) is 4.90 Å². The first-order chi connectivity index (χ1) is 22.7. The molecule has 7 nitrogen and oxygen atoms in total. The van der Waals surface area contributed by atoms with Gasteiger partial charge in [0.1, 0.15) is 12.6 Å². The monoisotopic (exact) mass is 733 g/mol. The molecule has 4 aliphatic carbocycles. The average molecular weight is 735 g/mol. The Morgan fingerprint density at radius 3 is 1.94 bits per heavy atom. The highest BCUT2D eigenvalue weighted by Crippen LogP contribution is 2.60. The summed E-state index contributed by atoms with van der Waals surface area (Å²) in [4.78, 5) is 30.0. The third-order valence-electron chi connectivity index (χ3n) is 10.5. The van der Waals surface area contributed by atoms with E-state index < -0.39 is 34.1 Å². The van der Waals surface area contributed by atoms with Crippen molar-refractivity contribution in [1.29, 1.82) is 0 Å². The summed E-state index contributed by atoms with van der Waals surface area (Å²) in [5.74, 6) is 1.67. The average Bonchev–Trinajstić information content (AvgIpc) is 3.01. The predicted octanol–water partition coefficient (Wildman–Crippen LogP) is 7.24. The normalized spacial score (nSPS) is 23.8. The zero-order valence-corrected chi connectivity index (χ0v) is 30.9. The largest absolute Gasteiger partial charge is 0.350 e. The van der Waals surface area contributed by atoms with Gasteiger partial charge in [0.2, 0.25) is 21.8 Å². The maximum atomic E-state index is 14.5. The highest BCUT2D eigenvalue weighted by Gasteiger charge is 2.51. The minimum Gasteiger partial charge on any atom is -0.350 e. The zero-order chi connectivity index (χ0) is 34.3. The minimum absolute atomic E-state index is 0.143. The summed E-state index contributed by atoms with van der Waals surface area (Å²) in [6.45, 7) is 5.45. The van der Waals surface area contributed by atoms with Gasteiger partial charge in [-0.2, -0.15) is 0 Å². The maximum Gasteiger partial charge on any atom is 0.244 e. The van der Waals surface area contributed by atoms with Gasteiger partial charge in [0.25, 0.3) is 0 Å². The molecule has 0 spiro atoms. The van der Waals surface area contributed by atoms with Crippen LogP contribution in [0.5, 0.6) is 0 Å². The molecule has 2 amide bonds. The van der Waals surface area contributed by atoms with Crippen LogP contribution >= 0.6 is 15.9 Å². The van der Waals surface area contributed by atoms with Crippen molar-refractivity contribution in [2.45, 2.75) is 89.3 Å². The Morgan fingerprint density at radius 1 is 0.854 bits per heavy atom. The summed E-state index contributed by atoms with van der Waals surface area (Å²) in [6, 6.07) is 24.3. The quantitative estimate of drug-likeness (QED) is 0.225. The van der Waals surface area contributed by atoms with Crippen molar-refractivity contribution in [3.05, 3.63) is 100 Å². The lowest BCUT2D eigenvalue weighted by Gasteiger charge is -2.57. The number of benzene rings is 3. The smallest absolute Gasteiger partial charge is 0.244 e. The third-order valence-corrected chi connectivity index (χ3v) is 12.2. The first kappa shape index (κ1) is 34.7. The molecular formula is C39H48BrN3O4S. The molecule has 7 rings (SSSR count). The number of hydrogen-bond acceptors (Lipinski definition) is 4. The second-order valence-corrected chi connectivity index (χ2v) is 18.4. The molecule has 0 radical (unpaired) electrons. The third kappa shape index (κ3) is 7.99. The molecule has 3 aromatic rings. The van der Waals surface area contributed by atoms with E-state index in [0.29, 0.717) is 5.69 Å². The maximum absolute atomic E-state index is 14.5. The summed E-state index contributed by atoms with van der Waals surface area (Å²) in [7, 11) is -3.84. The lowest BCUT2D eigenvalue weighted by atomic mass is 9.48. The van der Waals surface area contributed by atoms with Gasteiger partial charge in [-0.3, -0.25) is 13.9 Å². The van der Waals surface area contributed by atoms with Crippen molar-refractivity contribution in [1.82, 2.24) is 10.2 Å². The van der Waals surface area contributed by atoms with Crippen LogP contribution in [0.15, 0.2) is 83.3 Å². The van der Waals surface area contributed by atoms with Gasteiger partial charge in [-0.05, 0) is 123 Å². The Balaban J connectivity index is 1.31. The van der Waals surface area contributed by atoms with E-state index in [-0.39, 0.29) is 24.3 Å². The molecule has 4 bridgehead atoms. The van der Waals surface area contributed by atoms with Gasteiger partial charge in [0, 0.05) is 23.0 Å². The summed E-state index contributed by atoms with van der Waals surface area (Å²) in [5.41, 5.74) is 3.14. The van der Waals surface area contributed by atoms with Crippen LogP contribution in [0.1, 0.15) is 76.0 Å². The molecule has 0 aromatic heterocycles. The van der Waals surface area contributed by atoms with Crippen LogP contribution in [-0.2, 0) is 38.0 Å². The molecule has 48 heavy (non-hydrogen) atoms. The topological polar surface area (TPSA) is 86.8 Å². The van der Waals surface area contributed by atoms with Gasteiger partial charge < -0.3 is 10.2 Å². The van der Waals surface area contributed by atoms with E-state index in [4.69, 9.17) is 0 Å². The lowest BCUT2D eigenvalue weighted by molar-refractivity contribution is -0.140. The van der Waals surface area contributed by atoms with Gasteiger partial charge >= 0.3 is 0 Å². The molecule has 4 aliphatic rings. The van der Waals surface area contributed by atoms with Crippen molar-refractivity contribution < 1.29 is 18.0 Å². The highest BCUT2D eigenvalue weighted by molar-refractivity contribution is 9.10. The van der Waals surface area contributed by atoms with Crippen LogP contribution < -0.4 is 9.62 Å². The number of carbonyl (C=O) groups is 2. The van der Waals surface area contributed by atoms with E-state index >= 15 is 0 Å². The number of nitrogens with one attached hydrogen (secondary N) is 1. The molecule has 0 unspecified atom stereocenters. The predicted molar refractivity (Wildman–Crippen MR) is 195 cm³/mol. The Morgan fingerprint density at radius 2 is 1.42 bits per heavy atom. The van der Waals surface area contributed by atoms with E-state index in [1.165, 1.54) is 48.4 Å². The van der Waals surface area contributed by atoms with Crippen molar-refractivity contribution >= 4 is 43.5 Å². The van der Waals surface area contributed by atoms with Crippen molar-refractivity contribution in [3.63, 3.8) is 0 Å². The molecule has 4 fully saturated rings. The van der Waals surface area contributed by atoms with Gasteiger partial charge in [-0.1, -0.05) is 70.5 Å². The molecule has 4 saturated carbocycles. The number of carbonyl (C=O) groups excluding carboxylic acids is 2. The zero-order valence-electron chi connectivity index (χ0n) is 28.5. The van der Waals surface area contributed by atoms with Crippen LogP contribution in [0.4, 0.5) is 5.69 Å². The van der Waals surface area contributed by atoms with Crippen molar-refractivity contribution in [2.24, 2.45) is 17.8 Å². The second-order valence-electron chi connectivity index (χ2n) is 15.6. The number of amides is 2. The number of hydrogen-bond donors (Lipinski definition) is 1. The lowest BCUT2D eigenvalue weighted by Crippen LogP contribution is -2.56. The van der Waals surface area contributed by atoms with Gasteiger partial charge in [-0.25, -0.2) is 8.42 Å². The molecular weight excluding hydrogens is 686 g/mol. The minimum atomic E-state index is -3.84.